The van der Waals surface area contributed by atoms with E-state index < -0.39 is 52.8 Å². The second-order valence-electron chi connectivity index (χ2n) is 11.6. The van der Waals surface area contributed by atoms with Crippen molar-refractivity contribution in [3.05, 3.63) is 57.6 Å². The lowest BCUT2D eigenvalue weighted by atomic mass is 9.62. The molecule has 2 heterocycles. The van der Waals surface area contributed by atoms with Crippen LogP contribution in [0.25, 0.3) is 0 Å². The van der Waals surface area contributed by atoms with Gasteiger partial charge in [-0.05, 0) is 55.7 Å². The molecule has 3 aliphatic rings. The van der Waals surface area contributed by atoms with Crippen molar-refractivity contribution in [1.29, 1.82) is 0 Å². The largest absolute Gasteiger partial charge is 0.443 e. The Hall–Kier alpha value is -1.47. The highest BCUT2D eigenvalue weighted by molar-refractivity contribution is 6.31. The van der Waals surface area contributed by atoms with Gasteiger partial charge in [0.25, 0.3) is 0 Å². The smallest absolute Gasteiger partial charge is 0.325 e. The van der Waals surface area contributed by atoms with Crippen LogP contribution in [0.15, 0.2) is 41.2 Å². The zero-order valence-corrected chi connectivity index (χ0v) is 22.6. The maximum atomic E-state index is 15.7. The van der Waals surface area contributed by atoms with Gasteiger partial charge in [-0.25, -0.2) is 13.7 Å². The second kappa shape index (κ2) is 8.83. The van der Waals surface area contributed by atoms with E-state index in [0.717, 1.165) is 0 Å². The van der Waals surface area contributed by atoms with Crippen molar-refractivity contribution in [2.24, 2.45) is 23.0 Å². The second-order valence-corrected chi connectivity index (χ2v) is 12.5. The molecule has 1 aromatic carbocycles. The minimum absolute atomic E-state index is 0.0735. The maximum Gasteiger partial charge on any atom is 0.325 e. The van der Waals surface area contributed by atoms with Crippen molar-refractivity contribution in [2.45, 2.75) is 83.6 Å². The Morgan fingerprint density at radius 3 is 2.51 bits per heavy atom. The third kappa shape index (κ3) is 4.14. The first-order chi connectivity index (χ1) is 16.1. The molecule has 5 atom stereocenters. The van der Waals surface area contributed by atoms with Crippen molar-refractivity contribution >= 4 is 29.2 Å². The number of hydrogen-bond donors (Lipinski definition) is 1. The van der Waals surface area contributed by atoms with Crippen LogP contribution in [-0.2, 0) is 9.53 Å². The van der Waals surface area contributed by atoms with Gasteiger partial charge in [-0.2, -0.15) is 0 Å². The van der Waals surface area contributed by atoms with Crippen LogP contribution in [0.2, 0.25) is 5.02 Å². The van der Waals surface area contributed by atoms with Crippen LogP contribution >= 0.6 is 23.2 Å². The molecule has 4 nitrogen and oxygen atoms in total. The minimum Gasteiger partial charge on any atom is -0.443 e. The van der Waals surface area contributed by atoms with Crippen LogP contribution in [0.5, 0.6) is 0 Å². The van der Waals surface area contributed by atoms with Gasteiger partial charge >= 0.3 is 5.97 Å². The fourth-order valence-corrected chi connectivity index (χ4v) is 6.51. The van der Waals surface area contributed by atoms with Gasteiger partial charge in [0.2, 0.25) is 0 Å². The highest BCUT2D eigenvalue weighted by atomic mass is 35.5. The van der Waals surface area contributed by atoms with E-state index in [2.05, 4.69) is 27.7 Å². The molecular weight excluding hydrogens is 493 g/mol. The van der Waals surface area contributed by atoms with Gasteiger partial charge in [0, 0.05) is 22.9 Å². The molecule has 4 rings (SSSR count). The van der Waals surface area contributed by atoms with E-state index in [4.69, 9.17) is 33.7 Å². The molecule has 0 saturated carbocycles. The van der Waals surface area contributed by atoms with Gasteiger partial charge in [0.1, 0.15) is 17.7 Å². The number of nitrogens with two attached hydrogens (primary N) is 1. The van der Waals surface area contributed by atoms with E-state index in [0.29, 0.717) is 11.5 Å². The molecule has 35 heavy (non-hydrogen) atoms. The first-order valence-corrected chi connectivity index (χ1v) is 12.9. The predicted molar refractivity (Wildman–Crippen MR) is 135 cm³/mol. The lowest BCUT2D eigenvalue weighted by molar-refractivity contribution is -0.153. The number of halogens is 4. The lowest BCUT2D eigenvalue weighted by Crippen LogP contribution is -2.63. The molecule has 1 aromatic rings. The van der Waals surface area contributed by atoms with Crippen molar-refractivity contribution in [3.63, 3.8) is 0 Å². The average molecular weight is 527 g/mol. The normalized spacial score (nSPS) is 33.0. The van der Waals surface area contributed by atoms with Crippen LogP contribution in [0.1, 0.15) is 65.9 Å². The third-order valence-electron chi connectivity index (χ3n) is 8.64. The molecule has 0 bridgehead atoms. The standard InChI is InChI=1S/C27H34Cl2F2N2O2/c1-14(2)25(3,4)13-20-27(32,17-11-10-15(28)12-19(17)30)21(16-8-7-9-18(29)22(16)31)23-24(34)35-26(5,6)33(20)23/h7-10,12,14,17,20-21,23H,11,13,32H2,1-6H3. The van der Waals surface area contributed by atoms with E-state index in [1.165, 1.54) is 12.1 Å². The summed E-state index contributed by atoms with van der Waals surface area (Å²) in [5.74, 6) is -3.03. The summed E-state index contributed by atoms with van der Waals surface area (Å²) in [6.07, 6.45) is 3.79. The minimum atomic E-state index is -1.35. The molecule has 0 spiro atoms. The number of hydrogen-bond acceptors (Lipinski definition) is 4. The van der Waals surface area contributed by atoms with Crippen LogP contribution in [-0.4, -0.2) is 34.2 Å². The van der Waals surface area contributed by atoms with Crippen molar-refractivity contribution < 1.29 is 18.3 Å². The quantitative estimate of drug-likeness (QED) is 0.435. The summed E-state index contributed by atoms with van der Waals surface area (Å²) in [5.41, 5.74) is 5.00. The van der Waals surface area contributed by atoms with E-state index >= 15 is 8.78 Å². The van der Waals surface area contributed by atoms with Gasteiger partial charge in [-0.1, -0.05) is 69.1 Å². The zero-order chi connectivity index (χ0) is 26.1. The molecule has 2 fully saturated rings. The molecule has 0 radical (unpaired) electrons. The van der Waals surface area contributed by atoms with Crippen LogP contribution in [0.3, 0.4) is 0 Å². The Kier molecular flexibility index (Phi) is 6.71. The molecule has 192 valence electrons. The number of carbonyl (C=O) groups excluding carboxylic acids is 1. The van der Waals surface area contributed by atoms with Crippen molar-refractivity contribution in [2.75, 3.05) is 0 Å². The summed E-state index contributed by atoms with van der Waals surface area (Å²) in [6.45, 7) is 12.1. The highest BCUT2D eigenvalue weighted by Crippen LogP contribution is 2.59. The summed E-state index contributed by atoms with van der Waals surface area (Å²) in [4.78, 5) is 15.3. The molecule has 0 amide bonds. The molecular formula is C27H34Cl2F2N2O2. The topological polar surface area (TPSA) is 55.6 Å². The number of cyclic esters (lactones) is 1. The fraction of sp³-hybridized carbons (Fsp3) is 0.593. The van der Waals surface area contributed by atoms with Gasteiger partial charge in [-0.15, -0.1) is 0 Å². The first kappa shape index (κ1) is 26.6. The highest BCUT2D eigenvalue weighted by Gasteiger charge is 2.70. The van der Waals surface area contributed by atoms with Crippen molar-refractivity contribution in [1.82, 2.24) is 4.90 Å². The summed E-state index contributed by atoms with van der Waals surface area (Å²) in [6, 6.07) is 3.29. The molecule has 2 saturated heterocycles. The first-order valence-electron chi connectivity index (χ1n) is 12.1. The predicted octanol–water partition coefficient (Wildman–Crippen LogP) is 6.67. The Labute approximate surface area is 216 Å². The summed E-state index contributed by atoms with van der Waals surface area (Å²) in [7, 11) is 0. The molecule has 2 aliphatic heterocycles. The Morgan fingerprint density at radius 2 is 1.91 bits per heavy atom. The summed E-state index contributed by atoms with van der Waals surface area (Å²) in [5, 5.41) is 0.223. The third-order valence-corrected chi connectivity index (χ3v) is 9.20. The summed E-state index contributed by atoms with van der Waals surface area (Å²) >= 11 is 12.3. The van der Waals surface area contributed by atoms with E-state index in [1.807, 2.05) is 4.90 Å². The van der Waals surface area contributed by atoms with Gasteiger partial charge in [-0.3, -0.25) is 4.79 Å². The number of carbonyl (C=O) groups is 1. The number of benzene rings is 1. The van der Waals surface area contributed by atoms with E-state index in [-0.39, 0.29) is 28.3 Å². The Morgan fingerprint density at radius 1 is 1.26 bits per heavy atom. The van der Waals surface area contributed by atoms with E-state index in [9.17, 15) is 4.79 Å². The number of rotatable bonds is 5. The molecule has 0 aromatic heterocycles. The molecule has 1 aliphatic carbocycles. The molecule has 5 unspecified atom stereocenters. The van der Waals surface area contributed by atoms with E-state index in [1.54, 1.807) is 32.1 Å². The van der Waals surface area contributed by atoms with Gasteiger partial charge in [0.15, 0.2) is 5.72 Å². The number of fused-ring (bicyclic) bond motifs is 1. The van der Waals surface area contributed by atoms with Crippen LogP contribution < -0.4 is 5.73 Å². The van der Waals surface area contributed by atoms with Gasteiger partial charge in [0.05, 0.1) is 10.6 Å². The number of allylic oxidation sites excluding steroid dienone is 3. The molecule has 8 heteroatoms. The van der Waals surface area contributed by atoms with Crippen LogP contribution in [0, 0.1) is 23.1 Å². The fourth-order valence-electron chi connectivity index (χ4n) is 6.13. The van der Waals surface area contributed by atoms with Gasteiger partial charge < -0.3 is 10.5 Å². The number of esters is 1. The average Bonchev–Trinajstić information content (AvgIpc) is 3.12. The van der Waals surface area contributed by atoms with Crippen LogP contribution in [0.4, 0.5) is 8.78 Å². The Bertz CT molecular complexity index is 1100. The monoisotopic (exact) mass is 526 g/mol. The lowest BCUT2D eigenvalue weighted by Gasteiger charge is -2.48. The zero-order valence-electron chi connectivity index (χ0n) is 21.0. The number of ether oxygens (including phenoxy) is 1. The summed E-state index contributed by atoms with van der Waals surface area (Å²) < 4.78 is 37.1. The SMILES string of the molecule is CC(C)C(C)(C)CC1N2C(C(=O)OC2(C)C)C(c2cccc(Cl)c2F)C1(N)C1CC=C(Cl)C=C1F. The number of nitrogens with zero attached hydrogens (tertiary/aromatic N) is 1. The molecule has 2 N–H and O–H groups in total. The Balaban J connectivity index is 2.00. The van der Waals surface area contributed by atoms with Crippen molar-refractivity contribution in [3.8, 4) is 0 Å². The maximum absolute atomic E-state index is 15.7.